The van der Waals surface area contributed by atoms with Gasteiger partial charge in [0.05, 0.1) is 0 Å². The number of rotatable bonds is 2. The highest BCUT2D eigenvalue weighted by atomic mass is 79.9. The van der Waals surface area contributed by atoms with Crippen molar-refractivity contribution >= 4 is 21.8 Å². The molecule has 3 aliphatic carbocycles. The third-order valence-corrected chi connectivity index (χ3v) is 5.26. The van der Waals surface area contributed by atoms with E-state index in [1.165, 1.54) is 19.3 Å². The quantitative estimate of drug-likeness (QED) is 0.912. The van der Waals surface area contributed by atoms with Crippen LogP contribution in [0.5, 0.6) is 0 Å². The molecule has 0 spiro atoms. The van der Waals surface area contributed by atoms with Crippen LogP contribution in [0.4, 0.5) is 0 Å². The molecule has 3 aliphatic rings. The summed E-state index contributed by atoms with van der Waals surface area (Å²) >= 11 is 3.21. The summed E-state index contributed by atoms with van der Waals surface area (Å²) in [5.41, 5.74) is 0. The summed E-state index contributed by atoms with van der Waals surface area (Å²) in [6.07, 6.45) is 4.17. The molecule has 1 aromatic heterocycles. The van der Waals surface area contributed by atoms with Crippen LogP contribution in [-0.2, 0) is 0 Å². The fourth-order valence-corrected chi connectivity index (χ4v) is 4.48. The molecule has 0 aromatic carbocycles. The third-order valence-electron chi connectivity index (χ3n) is 4.83. The predicted octanol–water partition coefficient (Wildman–Crippen LogP) is 2.82. The fourth-order valence-electron chi connectivity index (χ4n) is 4.18. The van der Waals surface area contributed by atoms with Gasteiger partial charge in [-0.15, -0.1) is 0 Å². The standard InChI is InChI=1S/C13H14BrNO2/c14-9-4-3-8(17-9)13(16)15-12-10-6-1-2-7(5-6)11(10)12/h3-4,6-7,10-12H,1-2,5H2,(H,15,16). The maximum Gasteiger partial charge on any atom is 0.287 e. The Hall–Kier alpha value is -0.770. The minimum atomic E-state index is -0.0606. The minimum Gasteiger partial charge on any atom is -0.444 e. The van der Waals surface area contributed by atoms with Crippen LogP contribution in [0.25, 0.3) is 0 Å². The summed E-state index contributed by atoms with van der Waals surface area (Å²) in [5.74, 6) is 3.67. The first-order valence-electron chi connectivity index (χ1n) is 6.30. The van der Waals surface area contributed by atoms with Crippen molar-refractivity contribution in [2.75, 3.05) is 0 Å². The van der Waals surface area contributed by atoms with Gasteiger partial charge in [-0.25, -0.2) is 0 Å². The summed E-state index contributed by atoms with van der Waals surface area (Å²) in [5, 5.41) is 3.13. The van der Waals surface area contributed by atoms with Crippen LogP contribution < -0.4 is 5.32 Å². The minimum absolute atomic E-state index is 0.0606. The largest absolute Gasteiger partial charge is 0.444 e. The van der Waals surface area contributed by atoms with Crippen molar-refractivity contribution in [2.45, 2.75) is 25.3 Å². The Kier molecular flexibility index (Phi) is 2.02. The van der Waals surface area contributed by atoms with Crippen molar-refractivity contribution < 1.29 is 9.21 Å². The van der Waals surface area contributed by atoms with Crippen LogP contribution in [0.1, 0.15) is 29.8 Å². The van der Waals surface area contributed by atoms with Crippen LogP contribution in [0.3, 0.4) is 0 Å². The lowest BCUT2D eigenvalue weighted by molar-refractivity contribution is 0.0915. The smallest absolute Gasteiger partial charge is 0.287 e. The van der Waals surface area contributed by atoms with E-state index < -0.39 is 0 Å². The first-order valence-corrected chi connectivity index (χ1v) is 7.09. The van der Waals surface area contributed by atoms with Gasteiger partial charge in [0.1, 0.15) is 0 Å². The molecule has 2 bridgehead atoms. The molecule has 4 unspecified atom stereocenters. The van der Waals surface area contributed by atoms with Crippen molar-refractivity contribution in [3.05, 3.63) is 22.6 Å². The lowest BCUT2D eigenvalue weighted by Gasteiger charge is -2.09. The summed E-state index contributed by atoms with van der Waals surface area (Å²) in [6, 6.07) is 3.90. The lowest BCUT2D eigenvalue weighted by atomic mass is 10.0. The molecule has 3 nitrogen and oxygen atoms in total. The second kappa shape index (κ2) is 3.37. The number of hydrogen-bond acceptors (Lipinski definition) is 2. The van der Waals surface area contributed by atoms with E-state index in [0.717, 1.165) is 23.7 Å². The molecular formula is C13H14BrNO2. The number of carbonyl (C=O) groups excluding carboxylic acids is 1. The average molecular weight is 296 g/mol. The van der Waals surface area contributed by atoms with Crippen LogP contribution in [-0.4, -0.2) is 11.9 Å². The molecular weight excluding hydrogens is 282 g/mol. The molecule has 17 heavy (non-hydrogen) atoms. The van der Waals surface area contributed by atoms with Crippen LogP contribution in [0.15, 0.2) is 21.2 Å². The van der Waals surface area contributed by atoms with Gasteiger partial charge in [-0.3, -0.25) is 4.79 Å². The molecule has 1 amide bonds. The van der Waals surface area contributed by atoms with Crippen molar-refractivity contribution in [3.8, 4) is 0 Å². The van der Waals surface area contributed by atoms with Gasteiger partial charge in [-0.05, 0) is 71.0 Å². The lowest BCUT2D eigenvalue weighted by Crippen LogP contribution is -2.29. The SMILES string of the molecule is O=C(NC1C2C3CCC(C3)C12)c1ccc(Br)o1. The third kappa shape index (κ3) is 1.43. The molecule has 3 fully saturated rings. The summed E-state index contributed by atoms with van der Waals surface area (Å²) in [4.78, 5) is 11.9. The summed E-state index contributed by atoms with van der Waals surface area (Å²) in [6.45, 7) is 0. The normalized spacial score (nSPS) is 41.4. The van der Waals surface area contributed by atoms with Crippen molar-refractivity contribution in [3.63, 3.8) is 0 Å². The number of fused-ring (bicyclic) bond motifs is 5. The topological polar surface area (TPSA) is 42.2 Å². The van der Waals surface area contributed by atoms with E-state index in [4.69, 9.17) is 4.42 Å². The zero-order chi connectivity index (χ0) is 11.6. The van der Waals surface area contributed by atoms with E-state index in [1.807, 2.05) is 0 Å². The maximum atomic E-state index is 11.9. The monoisotopic (exact) mass is 295 g/mol. The molecule has 90 valence electrons. The Morgan fingerprint density at radius 3 is 2.59 bits per heavy atom. The Balaban J connectivity index is 1.45. The van der Waals surface area contributed by atoms with Gasteiger partial charge in [-0.1, -0.05) is 0 Å². The number of carbonyl (C=O) groups is 1. The van der Waals surface area contributed by atoms with Gasteiger partial charge in [-0.2, -0.15) is 0 Å². The molecule has 0 radical (unpaired) electrons. The summed E-state index contributed by atoms with van der Waals surface area (Å²) < 4.78 is 5.88. The molecule has 1 aromatic rings. The van der Waals surface area contributed by atoms with Gasteiger partial charge in [0.2, 0.25) is 0 Å². The van der Waals surface area contributed by atoms with Gasteiger partial charge in [0, 0.05) is 6.04 Å². The Morgan fingerprint density at radius 1 is 1.29 bits per heavy atom. The number of furan rings is 1. The van der Waals surface area contributed by atoms with Crippen molar-refractivity contribution in [2.24, 2.45) is 23.7 Å². The molecule has 0 aliphatic heterocycles. The van der Waals surface area contributed by atoms with Gasteiger partial charge >= 0.3 is 0 Å². The number of hydrogen-bond donors (Lipinski definition) is 1. The highest BCUT2D eigenvalue weighted by Crippen LogP contribution is 2.65. The molecule has 0 saturated heterocycles. The zero-order valence-corrected chi connectivity index (χ0v) is 10.9. The average Bonchev–Trinajstić information content (AvgIpc) is 2.77. The molecule has 4 heteroatoms. The molecule has 4 rings (SSSR count). The van der Waals surface area contributed by atoms with E-state index in [1.54, 1.807) is 12.1 Å². The Labute approximate surface area is 108 Å². The molecule has 3 saturated carbocycles. The number of halogens is 1. The fraction of sp³-hybridized carbons (Fsp3) is 0.615. The number of amides is 1. The zero-order valence-electron chi connectivity index (χ0n) is 9.36. The van der Waals surface area contributed by atoms with E-state index >= 15 is 0 Å². The van der Waals surface area contributed by atoms with E-state index in [2.05, 4.69) is 21.2 Å². The molecule has 4 atom stereocenters. The van der Waals surface area contributed by atoms with Crippen LogP contribution in [0.2, 0.25) is 0 Å². The first kappa shape index (κ1) is 10.2. The van der Waals surface area contributed by atoms with Crippen LogP contribution >= 0.6 is 15.9 Å². The highest BCUT2D eigenvalue weighted by molar-refractivity contribution is 9.10. The van der Waals surface area contributed by atoms with Crippen molar-refractivity contribution in [1.29, 1.82) is 0 Å². The first-order chi connectivity index (χ1) is 8.24. The predicted molar refractivity (Wildman–Crippen MR) is 65.5 cm³/mol. The Morgan fingerprint density at radius 2 is 2.00 bits per heavy atom. The maximum absolute atomic E-state index is 11.9. The van der Waals surface area contributed by atoms with E-state index in [-0.39, 0.29) is 5.91 Å². The van der Waals surface area contributed by atoms with Crippen LogP contribution in [0, 0.1) is 23.7 Å². The molecule has 1 N–H and O–H groups in total. The number of nitrogens with one attached hydrogen (secondary N) is 1. The van der Waals surface area contributed by atoms with Gasteiger partial charge < -0.3 is 9.73 Å². The Bertz CT molecular complexity index is 468. The van der Waals surface area contributed by atoms with Gasteiger partial charge in [0.25, 0.3) is 5.91 Å². The van der Waals surface area contributed by atoms with Gasteiger partial charge in [0.15, 0.2) is 10.4 Å². The second-order valence-corrected chi connectivity index (χ2v) is 6.37. The second-order valence-electron chi connectivity index (χ2n) is 5.59. The highest BCUT2D eigenvalue weighted by Gasteiger charge is 2.65. The van der Waals surface area contributed by atoms with E-state index in [0.29, 0.717) is 16.5 Å². The summed E-state index contributed by atoms with van der Waals surface area (Å²) in [7, 11) is 0. The van der Waals surface area contributed by atoms with E-state index in [9.17, 15) is 4.79 Å². The van der Waals surface area contributed by atoms with Crippen molar-refractivity contribution in [1.82, 2.24) is 5.32 Å². The molecule has 1 heterocycles.